The number of hydrogen-bond acceptors (Lipinski definition) is 3. The highest BCUT2D eigenvalue weighted by Crippen LogP contribution is 2.29. The molecule has 1 aromatic rings. The number of methoxy groups -OCH3 is 1. The molecule has 5 heteroatoms. The van der Waals surface area contributed by atoms with Crippen LogP contribution >= 0.6 is 0 Å². The van der Waals surface area contributed by atoms with E-state index in [-0.39, 0.29) is 24.6 Å². The van der Waals surface area contributed by atoms with Crippen LogP contribution in [0.25, 0.3) is 0 Å². The van der Waals surface area contributed by atoms with Crippen LogP contribution in [0.15, 0.2) is 24.3 Å². The number of hydrogen-bond donors (Lipinski definition) is 2. The zero-order valence-electron chi connectivity index (χ0n) is 13.3. The summed E-state index contributed by atoms with van der Waals surface area (Å²) < 4.78 is 4.99. The van der Waals surface area contributed by atoms with Crippen molar-refractivity contribution in [3.05, 3.63) is 29.8 Å². The molecule has 2 N–H and O–H groups in total. The second-order valence-electron chi connectivity index (χ2n) is 5.93. The van der Waals surface area contributed by atoms with Crippen molar-refractivity contribution in [2.24, 2.45) is 0 Å². The molecule has 5 nitrogen and oxygen atoms in total. The van der Waals surface area contributed by atoms with Gasteiger partial charge in [0, 0.05) is 25.9 Å². The molecular weight excluding hydrogens is 268 g/mol. The molecule has 0 radical (unpaired) electrons. The number of para-hydroxylation sites is 1. The molecule has 0 bridgehead atoms. The molecule has 1 rings (SSSR count). The monoisotopic (exact) mass is 294 g/mol. The maximum Gasteiger partial charge on any atom is 0.322 e. The van der Waals surface area contributed by atoms with E-state index in [9.17, 15) is 4.79 Å². The number of ether oxygens (including phenoxy) is 1. The highest BCUT2D eigenvalue weighted by atomic mass is 16.5. The lowest BCUT2D eigenvalue weighted by Crippen LogP contribution is -2.39. The molecule has 0 saturated heterocycles. The number of aliphatic hydroxyl groups is 1. The number of aliphatic hydroxyl groups excluding tert-OH is 1. The summed E-state index contributed by atoms with van der Waals surface area (Å²) >= 11 is 0. The van der Waals surface area contributed by atoms with E-state index in [1.165, 1.54) is 0 Å². The van der Waals surface area contributed by atoms with Crippen molar-refractivity contribution in [1.29, 1.82) is 0 Å². The molecule has 118 valence electrons. The third kappa shape index (κ3) is 5.36. The molecule has 0 atom stereocenters. The van der Waals surface area contributed by atoms with Gasteiger partial charge < -0.3 is 20.1 Å². The van der Waals surface area contributed by atoms with Crippen molar-refractivity contribution in [2.75, 3.05) is 38.7 Å². The lowest BCUT2D eigenvalue weighted by atomic mass is 9.86. The summed E-state index contributed by atoms with van der Waals surface area (Å²) in [6, 6.07) is 7.55. The van der Waals surface area contributed by atoms with Crippen molar-refractivity contribution in [3.63, 3.8) is 0 Å². The van der Waals surface area contributed by atoms with Crippen LogP contribution in [0.2, 0.25) is 0 Å². The Morgan fingerprint density at radius 2 is 1.95 bits per heavy atom. The maximum atomic E-state index is 12.3. The molecular formula is C16H26N2O3. The predicted octanol–water partition coefficient (Wildman–Crippen LogP) is 2.46. The van der Waals surface area contributed by atoms with E-state index in [0.717, 1.165) is 11.3 Å². The summed E-state index contributed by atoms with van der Waals surface area (Å²) in [7, 11) is 1.59. The largest absolute Gasteiger partial charge is 0.395 e. The number of urea groups is 1. The molecule has 0 fully saturated rings. The Balaban J connectivity index is 2.86. The van der Waals surface area contributed by atoms with Crippen LogP contribution in [0.3, 0.4) is 0 Å². The van der Waals surface area contributed by atoms with Crippen molar-refractivity contribution in [1.82, 2.24) is 4.90 Å². The third-order valence-electron chi connectivity index (χ3n) is 3.20. The minimum atomic E-state index is -0.224. The van der Waals surface area contributed by atoms with E-state index < -0.39 is 0 Å². The van der Waals surface area contributed by atoms with Crippen molar-refractivity contribution < 1.29 is 14.6 Å². The van der Waals surface area contributed by atoms with Gasteiger partial charge in [-0.15, -0.1) is 0 Å². The van der Waals surface area contributed by atoms with Gasteiger partial charge in [0.2, 0.25) is 0 Å². The molecule has 0 aromatic heterocycles. The number of carbonyl (C=O) groups is 1. The van der Waals surface area contributed by atoms with E-state index in [4.69, 9.17) is 9.84 Å². The fourth-order valence-corrected chi connectivity index (χ4v) is 2.08. The number of nitrogens with one attached hydrogen (secondary N) is 1. The summed E-state index contributed by atoms with van der Waals surface area (Å²) in [5, 5.41) is 12.0. The zero-order valence-corrected chi connectivity index (χ0v) is 13.3. The molecule has 0 heterocycles. The molecule has 2 amide bonds. The highest BCUT2D eigenvalue weighted by Gasteiger charge is 2.20. The fraction of sp³-hybridized carbons (Fsp3) is 0.562. The molecule has 0 aliphatic heterocycles. The number of benzene rings is 1. The van der Waals surface area contributed by atoms with Gasteiger partial charge in [0.1, 0.15) is 0 Å². The predicted molar refractivity (Wildman–Crippen MR) is 84.7 cm³/mol. The molecule has 1 aromatic carbocycles. The van der Waals surface area contributed by atoms with Crippen molar-refractivity contribution >= 4 is 11.7 Å². The lowest BCUT2D eigenvalue weighted by molar-refractivity contribution is 0.142. The van der Waals surface area contributed by atoms with Crippen molar-refractivity contribution in [2.45, 2.75) is 26.2 Å². The minimum Gasteiger partial charge on any atom is -0.395 e. The number of carbonyl (C=O) groups excluding carboxylic acids is 1. The van der Waals surface area contributed by atoms with Crippen LogP contribution in [0.1, 0.15) is 26.3 Å². The first-order valence-corrected chi connectivity index (χ1v) is 7.15. The second kappa shape index (κ2) is 8.00. The van der Waals surface area contributed by atoms with Crippen LogP contribution in [0.4, 0.5) is 10.5 Å². The minimum absolute atomic E-state index is 0.0573. The average Bonchev–Trinajstić information content (AvgIpc) is 2.42. The highest BCUT2D eigenvalue weighted by molar-refractivity contribution is 5.90. The molecule has 0 aliphatic carbocycles. The number of nitrogens with zero attached hydrogens (tertiary/aromatic N) is 1. The summed E-state index contributed by atoms with van der Waals surface area (Å²) in [4.78, 5) is 13.9. The van der Waals surface area contributed by atoms with E-state index in [1.54, 1.807) is 12.0 Å². The van der Waals surface area contributed by atoms with Crippen LogP contribution < -0.4 is 5.32 Å². The summed E-state index contributed by atoms with van der Waals surface area (Å²) in [6.07, 6.45) is 0. The standard InChI is InChI=1S/C16H26N2O3/c1-16(2,3)13-7-5-6-8-14(13)17-15(20)18(9-11-19)10-12-21-4/h5-8,19H,9-12H2,1-4H3,(H,17,20). The first kappa shape index (κ1) is 17.5. The fourth-order valence-electron chi connectivity index (χ4n) is 2.08. The van der Waals surface area contributed by atoms with Crippen LogP contribution in [0, 0.1) is 0 Å². The van der Waals surface area contributed by atoms with E-state index in [2.05, 4.69) is 26.1 Å². The van der Waals surface area contributed by atoms with Gasteiger partial charge in [0.25, 0.3) is 0 Å². The van der Waals surface area contributed by atoms with Crippen molar-refractivity contribution in [3.8, 4) is 0 Å². The first-order valence-electron chi connectivity index (χ1n) is 7.15. The molecule has 0 aliphatic rings. The first-order chi connectivity index (χ1) is 9.90. The quantitative estimate of drug-likeness (QED) is 0.847. The summed E-state index contributed by atoms with van der Waals surface area (Å²) in [5.41, 5.74) is 1.82. The number of rotatable bonds is 6. The Bertz CT molecular complexity index is 455. The number of amides is 2. The van der Waals surface area contributed by atoms with Crippen LogP contribution in [-0.4, -0.2) is 49.5 Å². The Kier molecular flexibility index (Phi) is 6.65. The zero-order chi connectivity index (χ0) is 15.9. The Labute approximate surface area is 126 Å². The molecule has 0 unspecified atom stereocenters. The van der Waals surface area contributed by atoms with Gasteiger partial charge in [-0.05, 0) is 17.0 Å². The molecule has 0 saturated carbocycles. The molecule has 0 spiro atoms. The SMILES string of the molecule is COCCN(CCO)C(=O)Nc1ccccc1C(C)(C)C. The van der Waals surface area contributed by atoms with E-state index >= 15 is 0 Å². The van der Waals surface area contributed by atoms with Gasteiger partial charge in [-0.3, -0.25) is 0 Å². The van der Waals surface area contributed by atoms with Gasteiger partial charge in [-0.1, -0.05) is 39.0 Å². The lowest BCUT2D eigenvalue weighted by Gasteiger charge is -2.26. The Morgan fingerprint density at radius 3 is 2.52 bits per heavy atom. The van der Waals surface area contributed by atoms with Crippen LogP contribution in [0.5, 0.6) is 0 Å². The number of anilines is 1. The van der Waals surface area contributed by atoms with Gasteiger partial charge in [0.15, 0.2) is 0 Å². The average molecular weight is 294 g/mol. The topological polar surface area (TPSA) is 61.8 Å². The van der Waals surface area contributed by atoms with Gasteiger partial charge in [-0.25, -0.2) is 4.79 Å². The van der Waals surface area contributed by atoms with E-state index in [1.807, 2.05) is 24.3 Å². The smallest absolute Gasteiger partial charge is 0.322 e. The van der Waals surface area contributed by atoms with Crippen LogP contribution in [-0.2, 0) is 10.2 Å². The summed E-state index contributed by atoms with van der Waals surface area (Å²) in [6.45, 7) is 7.41. The van der Waals surface area contributed by atoms with Gasteiger partial charge in [-0.2, -0.15) is 0 Å². The Hall–Kier alpha value is -1.59. The van der Waals surface area contributed by atoms with Gasteiger partial charge in [0.05, 0.1) is 13.2 Å². The normalized spacial score (nSPS) is 11.3. The van der Waals surface area contributed by atoms with E-state index in [0.29, 0.717) is 13.2 Å². The van der Waals surface area contributed by atoms with Gasteiger partial charge >= 0.3 is 6.03 Å². The maximum absolute atomic E-state index is 12.3. The Morgan fingerprint density at radius 1 is 1.29 bits per heavy atom. The summed E-state index contributed by atoms with van der Waals surface area (Å²) in [5.74, 6) is 0. The second-order valence-corrected chi connectivity index (χ2v) is 5.93. The molecule has 21 heavy (non-hydrogen) atoms. The third-order valence-corrected chi connectivity index (χ3v) is 3.20.